The molecule has 0 unspecified atom stereocenters. The monoisotopic (exact) mass is 526 g/mol. The number of rotatable bonds is 8. The highest BCUT2D eigenvalue weighted by molar-refractivity contribution is 6.18. The highest BCUT2D eigenvalue weighted by atomic mass is 35.5. The van der Waals surface area contributed by atoms with E-state index in [0.717, 1.165) is 24.0 Å². The van der Waals surface area contributed by atoms with Gasteiger partial charge in [-0.15, -0.1) is 23.2 Å². The van der Waals surface area contributed by atoms with E-state index < -0.39 is 29.4 Å². The maximum atomic E-state index is 13.2. The summed E-state index contributed by atoms with van der Waals surface area (Å²) in [6.07, 6.45) is 2.28. The topological polar surface area (TPSA) is 97.4 Å². The number of carbonyl (C=O) groups is 3. The molecule has 0 N–H and O–H groups in total. The first-order valence-corrected chi connectivity index (χ1v) is 13.2. The normalized spacial score (nSPS) is 29.6. The lowest BCUT2D eigenvalue weighted by Crippen LogP contribution is -2.71. The van der Waals surface area contributed by atoms with Crippen molar-refractivity contribution < 1.29 is 38.1 Å². The van der Waals surface area contributed by atoms with Gasteiger partial charge in [0.25, 0.3) is 0 Å². The summed E-state index contributed by atoms with van der Waals surface area (Å²) in [7, 11) is 0. The fraction of sp³-hybridized carbons (Fsp3) is 0.640. The largest absolute Gasteiger partial charge is 0.513 e. The zero-order valence-electron chi connectivity index (χ0n) is 19.3. The summed E-state index contributed by atoms with van der Waals surface area (Å²) in [6, 6.07) is 3.59. The Morgan fingerprint density at radius 1 is 1.06 bits per heavy atom. The van der Waals surface area contributed by atoms with E-state index in [9.17, 15) is 14.4 Å². The molecule has 1 heterocycles. The number of ether oxygens (including phenoxy) is 5. The second kappa shape index (κ2) is 9.69. The number of halogens is 2. The Labute approximate surface area is 213 Å². The van der Waals surface area contributed by atoms with E-state index in [1.165, 1.54) is 0 Å². The Kier molecular flexibility index (Phi) is 6.79. The number of hydrogen-bond acceptors (Lipinski definition) is 8. The van der Waals surface area contributed by atoms with Crippen LogP contribution >= 0.6 is 23.2 Å². The average molecular weight is 527 g/mol. The van der Waals surface area contributed by atoms with E-state index >= 15 is 0 Å². The molecule has 1 aliphatic heterocycles. The average Bonchev–Trinajstić information content (AvgIpc) is 3.18. The number of carbonyl (C=O) groups excluding carboxylic acids is 3. The fourth-order valence-electron chi connectivity index (χ4n) is 6.62. The van der Waals surface area contributed by atoms with Crippen LogP contribution in [0.3, 0.4) is 0 Å². The molecular weight excluding hydrogens is 499 g/mol. The Morgan fingerprint density at radius 3 is 2.54 bits per heavy atom. The number of alkyl halides is 2. The summed E-state index contributed by atoms with van der Waals surface area (Å²) in [6.45, 7) is 0.305. The van der Waals surface area contributed by atoms with Crippen LogP contribution in [0.2, 0.25) is 0 Å². The Balaban J connectivity index is 1.53. The standard InChI is InChI=1S/C25H28Cl2O8/c26-10-2-12-31-22(29)33-18-6-5-15-14-16-4-1-8-24-19(15)20(18)34-21(24)17(28)7-9-25(16,24)35-23(30)32-13-3-11-27/h5-6,16,21H,1-4,7-14H2/t16-,21+,24+,25-/m1/s1. The van der Waals surface area contributed by atoms with E-state index in [0.29, 0.717) is 49.6 Å². The predicted octanol–water partition coefficient (Wildman–Crippen LogP) is 5.07. The maximum absolute atomic E-state index is 13.2. The van der Waals surface area contributed by atoms with Gasteiger partial charge in [-0.3, -0.25) is 4.79 Å². The van der Waals surface area contributed by atoms with Crippen LogP contribution in [0.15, 0.2) is 12.1 Å². The summed E-state index contributed by atoms with van der Waals surface area (Å²) >= 11 is 11.4. The van der Waals surface area contributed by atoms with Gasteiger partial charge in [0.2, 0.25) is 0 Å². The molecular formula is C25H28Cl2O8. The zero-order chi connectivity index (χ0) is 24.6. The first-order valence-electron chi connectivity index (χ1n) is 12.1. The minimum Gasteiger partial charge on any atom is -0.477 e. The lowest BCUT2D eigenvalue weighted by atomic mass is 9.45. The van der Waals surface area contributed by atoms with Gasteiger partial charge < -0.3 is 23.7 Å². The first-order chi connectivity index (χ1) is 17.0. The van der Waals surface area contributed by atoms with Crippen molar-refractivity contribution in [3.63, 3.8) is 0 Å². The molecule has 4 atom stereocenters. The molecule has 0 amide bonds. The summed E-state index contributed by atoms with van der Waals surface area (Å²) in [5.41, 5.74) is 0.0619. The van der Waals surface area contributed by atoms with Crippen molar-refractivity contribution in [1.82, 2.24) is 0 Å². The van der Waals surface area contributed by atoms with E-state index in [1.807, 2.05) is 6.07 Å². The van der Waals surface area contributed by atoms with E-state index in [4.69, 9.17) is 46.9 Å². The molecule has 10 heteroatoms. The van der Waals surface area contributed by atoms with Gasteiger partial charge in [0.05, 0.1) is 18.6 Å². The molecule has 4 aliphatic rings. The second-order valence-corrected chi connectivity index (χ2v) is 10.3. The zero-order valence-corrected chi connectivity index (χ0v) is 20.8. The molecule has 2 bridgehead atoms. The highest BCUT2D eigenvalue weighted by Crippen LogP contribution is 2.68. The molecule has 0 aromatic heterocycles. The molecule has 1 aromatic rings. The second-order valence-electron chi connectivity index (χ2n) is 9.53. The van der Waals surface area contributed by atoms with Crippen LogP contribution in [0, 0.1) is 5.92 Å². The third-order valence-corrected chi connectivity index (χ3v) is 8.37. The first kappa shape index (κ1) is 24.5. The molecule has 5 rings (SSSR count). The van der Waals surface area contributed by atoms with E-state index in [2.05, 4.69) is 0 Å². The molecule has 0 radical (unpaired) electrons. The molecule has 3 aliphatic carbocycles. The van der Waals surface area contributed by atoms with Crippen LogP contribution in [-0.4, -0.2) is 54.8 Å². The maximum Gasteiger partial charge on any atom is 0.513 e. The molecule has 1 spiro atoms. The molecule has 0 saturated heterocycles. The number of benzene rings is 1. The summed E-state index contributed by atoms with van der Waals surface area (Å²) in [5, 5.41) is 0. The SMILES string of the molecule is O=C(OCCCCl)Oc1ccc2c3c1O[C@H]1C(=O)CC[C@@]4(OC(=O)OCCCCl)[C@H](CCC[C@]314)C2. The van der Waals surface area contributed by atoms with Crippen molar-refractivity contribution >= 4 is 41.3 Å². The van der Waals surface area contributed by atoms with Gasteiger partial charge >= 0.3 is 12.3 Å². The van der Waals surface area contributed by atoms with Crippen LogP contribution in [0.5, 0.6) is 11.5 Å². The number of hydrogen-bond donors (Lipinski definition) is 0. The van der Waals surface area contributed by atoms with Crippen molar-refractivity contribution in [1.29, 1.82) is 0 Å². The number of Topliss-reactive ketones (excluding diaryl/α,β-unsaturated/α-hetero) is 1. The van der Waals surface area contributed by atoms with E-state index in [1.54, 1.807) is 6.07 Å². The Bertz CT molecular complexity index is 1030. The van der Waals surface area contributed by atoms with Gasteiger partial charge in [-0.05, 0) is 50.2 Å². The van der Waals surface area contributed by atoms with Crippen molar-refractivity contribution in [3.8, 4) is 11.5 Å². The van der Waals surface area contributed by atoms with Crippen LogP contribution in [0.25, 0.3) is 0 Å². The third kappa shape index (κ3) is 3.84. The van der Waals surface area contributed by atoms with Gasteiger partial charge in [-0.2, -0.15) is 0 Å². The number of ketones is 1. The molecule has 2 fully saturated rings. The van der Waals surface area contributed by atoms with Gasteiger partial charge in [0.1, 0.15) is 5.60 Å². The summed E-state index contributed by atoms with van der Waals surface area (Å²) in [4.78, 5) is 38.3. The van der Waals surface area contributed by atoms with Crippen LogP contribution in [-0.2, 0) is 30.8 Å². The third-order valence-electron chi connectivity index (χ3n) is 7.83. The smallest absolute Gasteiger partial charge is 0.477 e. The van der Waals surface area contributed by atoms with Gasteiger partial charge in [-0.1, -0.05) is 12.5 Å². The lowest BCUT2D eigenvalue weighted by Gasteiger charge is -2.60. The van der Waals surface area contributed by atoms with E-state index in [-0.39, 0.29) is 37.1 Å². The van der Waals surface area contributed by atoms with Gasteiger partial charge in [-0.25, -0.2) is 9.59 Å². The van der Waals surface area contributed by atoms with Crippen LogP contribution < -0.4 is 9.47 Å². The van der Waals surface area contributed by atoms with Crippen molar-refractivity contribution in [2.75, 3.05) is 25.0 Å². The van der Waals surface area contributed by atoms with Crippen LogP contribution in [0.4, 0.5) is 9.59 Å². The molecule has 1 aromatic carbocycles. The molecule has 35 heavy (non-hydrogen) atoms. The van der Waals surface area contributed by atoms with Crippen molar-refractivity contribution in [3.05, 3.63) is 23.3 Å². The van der Waals surface area contributed by atoms with Crippen LogP contribution in [0.1, 0.15) is 56.1 Å². The minimum absolute atomic E-state index is 0.0294. The Hall–Kier alpha value is -2.19. The predicted molar refractivity (Wildman–Crippen MR) is 126 cm³/mol. The van der Waals surface area contributed by atoms with Crippen molar-refractivity contribution in [2.45, 2.75) is 68.5 Å². The minimum atomic E-state index is -0.931. The summed E-state index contributed by atoms with van der Waals surface area (Å²) < 4.78 is 28.4. The quantitative estimate of drug-likeness (QED) is 0.200. The molecule has 8 nitrogen and oxygen atoms in total. The van der Waals surface area contributed by atoms with Crippen molar-refractivity contribution in [2.24, 2.45) is 5.92 Å². The highest BCUT2D eigenvalue weighted by Gasteiger charge is 2.74. The Morgan fingerprint density at radius 2 is 1.80 bits per heavy atom. The lowest BCUT2D eigenvalue weighted by molar-refractivity contribution is -0.185. The fourth-order valence-corrected chi connectivity index (χ4v) is 6.84. The molecule has 2 saturated carbocycles. The van der Waals surface area contributed by atoms with Gasteiger partial charge in [0, 0.05) is 29.7 Å². The van der Waals surface area contributed by atoms with Gasteiger partial charge in [0.15, 0.2) is 23.4 Å². The summed E-state index contributed by atoms with van der Waals surface area (Å²) in [5.74, 6) is 1.29. The molecule has 190 valence electrons.